The van der Waals surface area contributed by atoms with Gasteiger partial charge < -0.3 is 9.47 Å². The topological polar surface area (TPSA) is 49.2 Å². The third-order valence-electron chi connectivity index (χ3n) is 4.28. The van der Waals surface area contributed by atoms with Crippen molar-refractivity contribution in [3.05, 3.63) is 46.8 Å². The van der Waals surface area contributed by atoms with Gasteiger partial charge in [-0.2, -0.15) is 0 Å². The number of para-hydroxylation sites is 1. The first-order valence-corrected chi connectivity index (χ1v) is 11.1. The smallest absolute Gasteiger partial charge is 0.191 e. The van der Waals surface area contributed by atoms with Gasteiger partial charge in [0, 0.05) is 12.4 Å². The molecule has 8 heteroatoms. The van der Waals surface area contributed by atoms with Gasteiger partial charge in [-0.3, -0.25) is 4.57 Å². The number of hydrogen-bond acceptors (Lipinski definition) is 6. The van der Waals surface area contributed by atoms with E-state index in [2.05, 4.69) is 26.2 Å². The number of aromatic nitrogens is 3. The van der Waals surface area contributed by atoms with Crippen molar-refractivity contribution in [3.63, 3.8) is 0 Å². The fourth-order valence-corrected chi connectivity index (χ4v) is 4.66. The van der Waals surface area contributed by atoms with Gasteiger partial charge in [0.15, 0.2) is 11.0 Å². The Morgan fingerprint density at radius 3 is 2.96 bits per heavy atom. The second-order valence-electron chi connectivity index (χ2n) is 6.16. The molecular formula is C19H20ClN3O2S2. The van der Waals surface area contributed by atoms with Crippen molar-refractivity contribution in [2.24, 2.45) is 0 Å². The van der Waals surface area contributed by atoms with Gasteiger partial charge in [-0.25, -0.2) is 0 Å². The Kier molecular flexibility index (Phi) is 6.34. The molecule has 0 spiro atoms. The first-order valence-electron chi connectivity index (χ1n) is 8.90. The van der Waals surface area contributed by atoms with Crippen LogP contribution in [-0.4, -0.2) is 39.8 Å². The van der Waals surface area contributed by atoms with Crippen LogP contribution in [0.25, 0.3) is 10.7 Å². The van der Waals surface area contributed by atoms with Crippen LogP contribution in [0.3, 0.4) is 0 Å². The monoisotopic (exact) mass is 421 g/mol. The lowest BCUT2D eigenvalue weighted by Gasteiger charge is -2.14. The quantitative estimate of drug-likeness (QED) is 0.378. The Labute approximate surface area is 171 Å². The van der Waals surface area contributed by atoms with E-state index < -0.39 is 0 Å². The van der Waals surface area contributed by atoms with Gasteiger partial charge in [-0.1, -0.05) is 41.6 Å². The summed E-state index contributed by atoms with van der Waals surface area (Å²) in [5, 5.41) is 12.4. The first kappa shape index (κ1) is 18.8. The summed E-state index contributed by atoms with van der Waals surface area (Å²) in [4.78, 5) is 1.12. The number of thioether (sulfide) groups is 1. The van der Waals surface area contributed by atoms with Crippen LogP contribution in [0.5, 0.6) is 5.75 Å². The standard InChI is InChI=1S/C19H20ClN3O2S2/c20-15-6-1-2-7-16(15)25-10-12-27-19-22-21-18(17-8-4-11-26-17)23(19)13-14-5-3-9-24-14/h1-2,4,6-8,11,14H,3,5,9-10,12-13H2. The molecule has 1 unspecified atom stereocenters. The number of halogens is 1. The molecule has 1 fully saturated rings. The Morgan fingerprint density at radius 1 is 1.26 bits per heavy atom. The summed E-state index contributed by atoms with van der Waals surface area (Å²) >= 11 is 9.45. The van der Waals surface area contributed by atoms with E-state index >= 15 is 0 Å². The number of rotatable bonds is 8. The highest BCUT2D eigenvalue weighted by Gasteiger charge is 2.22. The van der Waals surface area contributed by atoms with Crippen LogP contribution >= 0.6 is 34.7 Å². The zero-order valence-corrected chi connectivity index (χ0v) is 17.1. The molecule has 142 valence electrons. The fourth-order valence-electron chi connectivity index (χ4n) is 2.99. The molecule has 1 aromatic carbocycles. The Bertz CT molecular complexity index is 864. The van der Waals surface area contributed by atoms with E-state index in [1.807, 2.05) is 30.3 Å². The summed E-state index contributed by atoms with van der Waals surface area (Å²) in [6.45, 7) is 2.18. The maximum absolute atomic E-state index is 6.13. The second-order valence-corrected chi connectivity index (χ2v) is 8.57. The molecule has 0 bridgehead atoms. The molecule has 27 heavy (non-hydrogen) atoms. The zero-order valence-electron chi connectivity index (χ0n) is 14.7. The van der Waals surface area contributed by atoms with Crippen molar-refractivity contribution < 1.29 is 9.47 Å². The molecule has 1 aliphatic heterocycles. The third-order valence-corrected chi connectivity index (χ3v) is 6.39. The van der Waals surface area contributed by atoms with Gasteiger partial charge in [0.25, 0.3) is 0 Å². The first-order chi connectivity index (χ1) is 13.3. The highest BCUT2D eigenvalue weighted by atomic mass is 35.5. The Balaban J connectivity index is 1.42. The number of thiophene rings is 1. The Morgan fingerprint density at radius 2 is 2.19 bits per heavy atom. The van der Waals surface area contributed by atoms with E-state index in [-0.39, 0.29) is 6.10 Å². The van der Waals surface area contributed by atoms with E-state index in [0.29, 0.717) is 17.4 Å². The number of benzene rings is 1. The number of ether oxygens (including phenoxy) is 2. The molecule has 0 N–H and O–H groups in total. The van der Waals surface area contributed by atoms with Crippen LogP contribution < -0.4 is 4.74 Å². The average molecular weight is 422 g/mol. The number of nitrogens with zero attached hydrogens (tertiary/aromatic N) is 3. The second kappa shape index (κ2) is 9.10. The summed E-state index contributed by atoms with van der Waals surface area (Å²) < 4.78 is 13.8. The van der Waals surface area contributed by atoms with Gasteiger partial charge in [0.1, 0.15) is 5.75 Å². The molecule has 1 atom stereocenters. The van der Waals surface area contributed by atoms with Gasteiger partial charge in [-0.05, 0) is 36.4 Å². The predicted octanol–water partition coefficient (Wildman–Crippen LogP) is 5.01. The van der Waals surface area contributed by atoms with Crippen LogP contribution in [0.4, 0.5) is 0 Å². The summed E-state index contributed by atoms with van der Waals surface area (Å²) in [6.07, 6.45) is 2.44. The predicted molar refractivity (Wildman–Crippen MR) is 110 cm³/mol. The minimum Gasteiger partial charge on any atom is -0.491 e. The molecular weight excluding hydrogens is 402 g/mol. The molecule has 0 aliphatic carbocycles. The van der Waals surface area contributed by atoms with Crippen LogP contribution in [0.2, 0.25) is 5.02 Å². The van der Waals surface area contributed by atoms with E-state index in [0.717, 1.165) is 47.6 Å². The normalized spacial score (nSPS) is 16.7. The molecule has 0 amide bonds. The molecule has 5 nitrogen and oxygen atoms in total. The van der Waals surface area contributed by atoms with Crippen LogP contribution in [-0.2, 0) is 11.3 Å². The summed E-state index contributed by atoms with van der Waals surface area (Å²) in [5.74, 6) is 2.38. The maximum atomic E-state index is 6.13. The molecule has 0 saturated carbocycles. The van der Waals surface area contributed by atoms with E-state index in [1.165, 1.54) is 0 Å². The minimum atomic E-state index is 0.235. The SMILES string of the molecule is Clc1ccccc1OCCSc1nnc(-c2cccs2)n1CC1CCCO1. The fraction of sp³-hybridized carbons (Fsp3) is 0.368. The summed E-state index contributed by atoms with van der Waals surface area (Å²) in [5.41, 5.74) is 0. The lowest BCUT2D eigenvalue weighted by Crippen LogP contribution is -2.16. The average Bonchev–Trinajstić information content (AvgIpc) is 3.43. The molecule has 1 aliphatic rings. The maximum Gasteiger partial charge on any atom is 0.191 e. The molecule has 1 saturated heterocycles. The van der Waals surface area contributed by atoms with Gasteiger partial charge in [-0.15, -0.1) is 21.5 Å². The van der Waals surface area contributed by atoms with E-state index in [9.17, 15) is 0 Å². The summed E-state index contributed by atoms with van der Waals surface area (Å²) in [6, 6.07) is 11.6. The largest absolute Gasteiger partial charge is 0.491 e. The van der Waals surface area contributed by atoms with Crippen molar-refractivity contribution >= 4 is 34.7 Å². The highest BCUT2D eigenvalue weighted by Crippen LogP contribution is 2.29. The number of hydrogen-bond donors (Lipinski definition) is 0. The van der Waals surface area contributed by atoms with Crippen molar-refractivity contribution in [2.75, 3.05) is 19.0 Å². The van der Waals surface area contributed by atoms with E-state index in [1.54, 1.807) is 23.1 Å². The molecule has 2 aromatic heterocycles. The summed E-state index contributed by atoms with van der Waals surface area (Å²) in [7, 11) is 0. The van der Waals surface area contributed by atoms with Gasteiger partial charge in [0.05, 0.1) is 29.2 Å². The van der Waals surface area contributed by atoms with Crippen molar-refractivity contribution in [1.82, 2.24) is 14.8 Å². The van der Waals surface area contributed by atoms with Crippen molar-refractivity contribution in [2.45, 2.75) is 30.6 Å². The van der Waals surface area contributed by atoms with Crippen LogP contribution in [0.15, 0.2) is 46.9 Å². The Hall–Kier alpha value is -1.54. The van der Waals surface area contributed by atoms with Crippen molar-refractivity contribution in [3.8, 4) is 16.5 Å². The third kappa shape index (κ3) is 4.66. The van der Waals surface area contributed by atoms with Crippen LogP contribution in [0.1, 0.15) is 12.8 Å². The molecule has 4 rings (SSSR count). The highest BCUT2D eigenvalue weighted by molar-refractivity contribution is 7.99. The lowest BCUT2D eigenvalue weighted by atomic mass is 10.2. The molecule has 3 aromatic rings. The minimum absolute atomic E-state index is 0.235. The van der Waals surface area contributed by atoms with Gasteiger partial charge in [0.2, 0.25) is 0 Å². The van der Waals surface area contributed by atoms with Crippen LogP contribution in [0, 0.1) is 0 Å². The zero-order chi connectivity index (χ0) is 18.5. The molecule has 3 heterocycles. The lowest BCUT2D eigenvalue weighted by molar-refractivity contribution is 0.0953. The van der Waals surface area contributed by atoms with Crippen molar-refractivity contribution in [1.29, 1.82) is 0 Å². The van der Waals surface area contributed by atoms with E-state index in [4.69, 9.17) is 21.1 Å². The molecule has 0 radical (unpaired) electrons. The van der Waals surface area contributed by atoms with Gasteiger partial charge >= 0.3 is 0 Å².